The molecule has 4 heteroatoms. The Hall–Kier alpha value is -0.860. The van der Waals surface area contributed by atoms with Crippen LogP contribution in [0.25, 0.3) is 10.9 Å². The fourth-order valence-corrected chi connectivity index (χ4v) is 2.21. The van der Waals surface area contributed by atoms with Crippen LogP contribution in [-0.2, 0) is 0 Å². The van der Waals surface area contributed by atoms with Crippen molar-refractivity contribution in [3.63, 3.8) is 0 Å². The monoisotopic (exact) mass is 255 g/mol. The number of aromatic nitrogens is 1. The molecule has 1 nitrogen and oxygen atoms in total. The molecule has 0 bridgehead atoms. The second-order valence-electron chi connectivity index (χ2n) is 4.09. The SMILES string of the molecule is Fc1cc2nc(C3CC3)cc(Cl)c2cc1Cl. The molecule has 1 fully saturated rings. The summed E-state index contributed by atoms with van der Waals surface area (Å²) in [5.74, 6) is 0.0475. The van der Waals surface area contributed by atoms with Gasteiger partial charge in [-0.25, -0.2) is 4.39 Å². The van der Waals surface area contributed by atoms with Gasteiger partial charge in [0.15, 0.2) is 0 Å². The molecule has 0 unspecified atom stereocenters. The number of pyridine rings is 1. The van der Waals surface area contributed by atoms with Crippen molar-refractivity contribution >= 4 is 34.1 Å². The second kappa shape index (κ2) is 3.57. The van der Waals surface area contributed by atoms with E-state index in [4.69, 9.17) is 23.2 Å². The van der Waals surface area contributed by atoms with E-state index < -0.39 is 5.82 Å². The van der Waals surface area contributed by atoms with Crippen LogP contribution < -0.4 is 0 Å². The van der Waals surface area contributed by atoms with Gasteiger partial charge in [0.2, 0.25) is 0 Å². The third-order valence-corrected chi connectivity index (χ3v) is 3.42. The van der Waals surface area contributed by atoms with Crippen LogP contribution in [0.3, 0.4) is 0 Å². The van der Waals surface area contributed by atoms with Gasteiger partial charge in [0, 0.05) is 23.1 Å². The van der Waals surface area contributed by atoms with E-state index in [1.165, 1.54) is 12.1 Å². The molecule has 0 radical (unpaired) electrons. The highest BCUT2D eigenvalue weighted by Crippen LogP contribution is 2.41. The molecule has 16 heavy (non-hydrogen) atoms. The lowest BCUT2D eigenvalue weighted by molar-refractivity contribution is 0.629. The molecule has 1 aromatic heterocycles. The Morgan fingerprint density at radius 3 is 2.56 bits per heavy atom. The molecule has 2 aromatic rings. The van der Waals surface area contributed by atoms with Gasteiger partial charge in [-0.15, -0.1) is 0 Å². The molecule has 1 heterocycles. The zero-order chi connectivity index (χ0) is 11.3. The lowest BCUT2D eigenvalue weighted by atomic mass is 10.1. The number of hydrogen-bond donors (Lipinski definition) is 0. The number of halogens is 3. The number of benzene rings is 1. The fourth-order valence-electron chi connectivity index (χ4n) is 1.79. The average Bonchev–Trinajstić information content (AvgIpc) is 3.04. The highest BCUT2D eigenvalue weighted by molar-refractivity contribution is 6.36. The van der Waals surface area contributed by atoms with Crippen LogP contribution >= 0.6 is 23.2 Å². The standard InChI is InChI=1S/C12H8Cl2FN/c13-8-4-11(6-1-2-6)16-12-5-10(15)9(14)3-7(8)12/h3-6H,1-2H2. The molecule has 0 atom stereocenters. The summed E-state index contributed by atoms with van der Waals surface area (Å²) in [6, 6.07) is 4.73. The largest absolute Gasteiger partial charge is 0.252 e. The minimum atomic E-state index is -0.453. The zero-order valence-corrected chi connectivity index (χ0v) is 9.82. The van der Waals surface area contributed by atoms with Gasteiger partial charge in [0.05, 0.1) is 15.6 Å². The summed E-state index contributed by atoms with van der Waals surface area (Å²) in [5, 5.41) is 1.38. The highest BCUT2D eigenvalue weighted by atomic mass is 35.5. The van der Waals surface area contributed by atoms with E-state index >= 15 is 0 Å². The summed E-state index contributed by atoms with van der Waals surface area (Å²) in [4.78, 5) is 4.42. The lowest BCUT2D eigenvalue weighted by Crippen LogP contribution is -1.90. The van der Waals surface area contributed by atoms with Gasteiger partial charge >= 0.3 is 0 Å². The van der Waals surface area contributed by atoms with Crippen LogP contribution in [0.15, 0.2) is 18.2 Å². The van der Waals surface area contributed by atoms with Crippen LogP contribution in [0.4, 0.5) is 4.39 Å². The first-order valence-corrected chi connectivity index (χ1v) is 5.86. The summed E-state index contributed by atoms with van der Waals surface area (Å²) in [6.07, 6.45) is 2.29. The first kappa shape index (κ1) is 10.3. The molecule has 1 aliphatic rings. The Labute approximate surface area is 102 Å². The van der Waals surface area contributed by atoms with Gasteiger partial charge in [-0.3, -0.25) is 4.98 Å². The topological polar surface area (TPSA) is 12.9 Å². The van der Waals surface area contributed by atoms with E-state index in [0.29, 0.717) is 21.8 Å². The normalized spacial score (nSPS) is 15.7. The molecule has 0 spiro atoms. The predicted octanol–water partition coefficient (Wildman–Crippen LogP) is 4.56. The fraction of sp³-hybridized carbons (Fsp3) is 0.250. The van der Waals surface area contributed by atoms with Gasteiger partial charge in [0.25, 0.3) is 0 Å². The van der Waals surface area contributed by atoms with E-state index in [2.05, 4.69) is 4.98 Å². The van der Waals surface area contributed by atoms with Gasteiger partial charge in [-0.1, -0.05) is 23.2 Å². The molecule has 0 saturated heterocycles. The van der Waals surface area contributed by atoms with Crippen LogP contribution in [0.1, 0.15) is 24.5 Å². The number of hydrogen-bond acceptors (Lipinski definition) is 1. The predicted molar refractivity (Wildman–Crippen MR) is 63.7 cm³/mol. The molecule has 3 rings (SSSR count). The van der Waals surface area contributed by atoms with E-state index in [0.717, 1.165) is 18.5 Å². The summed E-state index contributed by atoms with van der Waals surface area (Å²) >= 11 is 11.9. The third-order valence-electron chi connectivity index (χ3n) is 2.82. The second-order valence-corrected chi connectivity index (χ2v) is 4.90. The Balaban J connectivity index is 2.28. The van der Waals surface area contributed by atoms with Crippen LogP contribution in [0.2, 0.25) is 10.0 Å². The first-order valence-electron chi connectivity index (χ1n) is 5.10. The summed E-state index contributed by atoms with van der Waals surface area (Å²) in [5.41, 5.74) is 1.54. The van der Waals surface area contributed by atoms with Gasteiger partial charge < -0.3 is 0 Å². The Bertz CT molecular complexity index is 579. The summed E-state index contributed by atoms with van der Waals surface area (Å²) in [7, 11) is 0. The molecular weight excluding hydrogens is 248 g/mol. The zero-order valence-electron chi connectivity index (χ0n) is 8.30. The van der Waals surface area contributed by atoms with Gasteiger partial charge in [0.1, 0.15) is 5.82 Å². The highest BCUT2D eigenvalue weighted by Gasteiger charge is 2.25. The molecule has 1 saturated carbocycles. The maximum absolute atomic E-state index is 13.3. The van der Waals surface area contributed by atoms with E-state index in [1.807, 2.05) is 6.07 Å². The number of rotatable bonds is 1. The first-order chi connectivity index (χ1) is 7.65. The Morgan fingerprint density at radius 1 is 1.12 bits per heavy atom. The maximum atomic E-state index is 13.3. The van der Waals surface area contributed by atoms with Crippen LogP contribution in [-0.4, -0.2) is 4.98 Å². The van der Waals surface area contributed by atoms with Crippen LogP contribution in [0.5, 0.6) is 0 Å². The molecule has 82 valence electrons. The minimum Gasteiger partial charge on any atom is -0.252 e. The van der Waals surface area contributed by atoms with Crippen molar-refractivity contribution in [2.24, 2.45) is 0 Å². The molecule has 0 amide bonds. The van der Waals surface area contributed by atoms with Crippen molar-refractivity contribution in [1.82, 2.24) is 4.98 Å². The van der Waals surface area contributed by atoms with Crippen LogP contribution in [0, 0.1) is 5.82 Å². The lowest BCUT2D eigenvalue weighted by Gasteiger charge is -2.05. The van der Waals surface area contributed by atoms with E-state index in [9.17, 15) is 4.39 Å². The minimum absolute atomic E-state index is 0.0790. The van der Waals surface area contributed by atoms with Crippen molar-refractivity contribution in [3.8, 4) is 0 Å². The molecule has 1 aliphatic carbocycles. The average molecular weight is 256 g/mol. The number of fused-ring (bicyclic) bond motifs is 1. The smallest absolute Gasteiger partial charge is 0.143 e. The van der Waals surface area contributed by atoms with Crippen molar-refractivity contribution in [3.05, 3.63) is 39.8 Å². The molecule has 0 aliphatic heterocycles. The summed E-state index contributed by atoms with van der Waals surface area (Å²) < 4.78 is 13.3. The maximum Gasteiger partial charge on any atom is 0.143 e. The quantitative estimate of drug-likeness (QED) is 0.728. The molecule has 0 N–H and O–H groups in total. The van der Waals surface area contributed by atoms with Crippen molar-refractivity contribution in [2.45, 2.75) is 18.8 Å². The number of nitrogens with zero attached hydrogens (tertiary/aromatic N) is 1. The van der Waals surface area contributed by atoms with Crippen molar-refractivity contribution < 1.29 is 4.39 Å². The Kier molecular flexibility index (Phi) is 2.30. The van der Waals surface area contributed by atoms with Gasteiger partial charge in [-0.2, -0.15) is 0 Å². The van der Waals surface area contributed by atoms with E-state index in [-0.39, 0.29) is 5.02 Å². The van der Waals surface area contributed by atoms with Crippen molar-refractivity contribution in [1.29, 1.82) is 0 Å². The Morgan fingerprint density at radius 2 is 1.88 bits per heavy atom. The van der Waals surface area contributed by atoms with Crippen molar-refractivity contribution in [2.75, 3.05) is 0 Å². The molecular formula is C12H8Cl2FN. The summed E-state index contributed by atoms with van der Waals surface area (Å²) in [6.45, 7) is 0. The molecule has 1 aromatic carbocycles. The van der Waals surface area contributed by atoms with E-state index in [1.54, 1.807) is 0 Å². The third kappa shape index (κ3) is 1.66. The van der Waals surface area contributed by atoms with Gasteiger partial charge in [-0.05, 0) is 25.0 Å².